The Bertz CT molecular complexity index is 474. The van der Waals surface area contributed by atoms with Crippen molar-refractivity contribution in [3.63, 3.8) is 0 Å². The summed E-state index contributed by atoms with van der Waals surface area (Å²) in [6, 6.07) is 8.57. The van der Waals surface area contributed by atoms with E-state index in [0.29, 0.717) is 5.41 Å². The summed E-state index contributed by atoms with van der Waals surface area (Å²) in [6.45, 7) is 10.8. The lowest BCUT2D eigenvalue weighted by atomic mass is 9.83. The van der Waals surface area contributed by atoms with Crippen LogP contribution in [0.1, 0.15) is 32.3 Å². The minimum Gasteiger partial charge on any atom is -0.497 e. The molecule has 21 heavy (non-hydrogen) atoms. The summed E-state index contributed by atoms with van der Waals surface area (Å²) in [4.78, 5) is 2.66. The molecule has 3 nitrogen and oxygen atoms in total. The summed E-state index contributed by atoms with van der Waals surface area (Å²) in [7, 11) is 1.72. The molecule has 2 aliphatic heterocycles. The maximum absolute atomic E-state index is 5.26. The number of hydrogen-bond acceptors (Lipinski definition) is 3. The van der Waals surface area contributed by atoms with Crippen LogP contribution in [-0.2, 0) is 5.41 Å². The third kappa shape index (κ3) is 3.09. The molecule has 116 valence electrons. The van der Waals surface area contributed by atoms with E-state index in [9.17, 15) is 0 Å². The van der Waals surface area contributed by atoms with Crippen molar-refractivity contribution in [1.82, 2.24) is 10.2 Å². The minimum atomic E-state index is 0.184. The molecule has 3 heteroatoms. The van der Waals surface area contributed by atoms with Gasteiger partial charge in [0.2, 0.25) is 0 Å². The molecule has 1 aromatic carbocycles. The average Bonchev–Trinajstić information content (AvgIpc) is 3.09. The topological polar surface area (TPSA) is 24.5 Å². The number of nitrogens with one attached hydrogen (secondary N) is 1. The van der Waals surface area contributed by atoms with Crippen LogP contribution in [0.2, 0.25) is 0 Å². The number of hydrogen-bond donors (Lipinski definition) is 1. The molecule has 2 fully saturated rings. The highest BCUT2D eigenvalue weighted by Gasteiger charge is 2.41. The van der Waals surface area contributed by atoms with Gasteiger partial charge in [0.15, 0.2) is 0 Å². The Morgan fingerprint density at radius 1 is 1.24 bits per heavy atom. The largest absolute Gasteiger partial charge is 0.497 e. The van der Waals surface area contributed by atoms with Gasteiger partial charge in [-0.3, -0.25) is 0 Å². The maximum Gasteiger partial charge on any atom is 0.118 e. The van der Waals surface area contributed by atoms with Gasteiger partial charge < -0.3 is 15.0 Å². The fraction of sp³-hybridized carbons (Fsp3) is 0.667. The van der Waals surface area contributed by atoms with Gasteiger partial charge in [-0.15, -0.1) is 0 Å². The standard InChI is InChI=1S/C18H28N2O/c1-17(2,15-4-6-16(21-3)7-5-15)13-20-11-9-18(14-20)8-10-19-12-18/h4-7,19H,8-14H2,1-3H3. The molecule has 2 saturated heterocycles. The summed E-state index contributed by atoms with van der Waals surface area (Å²) in [6.07, 6.45) is 2.71. The van der Waals surface area contributed by atoms with Crippen LogP contribution in [0, 0.1) is 5.41 Å². The van der Waals surface area contributed by atoms with Crippen molar-refractivity contribution in [1.29, 1.82) is 0 Å². The summed E-state index contributed by atoms with van der Waals surface area (Å²) < 4.78 is 5.26. The second kappa shape index (κ2) is 5.62. The molecule has 0 aliphatic carbocycles. The Morgan fingerprint density at radius 3 is 2.62 bits per heavy atom. The normalized spacial score (nSPS) is 26.6. The zero-order valence-electron chi connectivity index (χ0n) is 13.6. The van der Waals surface area contributed by atoms with E-state index in [-0.39, 0.29) is 5.41 Å². The molecule has 2 heterocycles. The molecule has 0 radical (unpaired) electrons. The van der Waals surface area contributed by atoms with Crippen molar-refractivity contribution in [2.45, 2.75) is 32.1 Å². The minimum absolute atomic E-state index is 0.184. The molecule has 3 rings (SSSR count). The van der Waals surface area contributed by atoms with Gasteiger partial charge in [0.25, 0.3) is 0 Å². The second-order valence-corrected chi connectivity index (χ2v) is 7.50. The molecule has 1 atom stereocenters. The lowest BCUT2D eigenvalue weighted by Crippen LogP contribution is -2.37. The molecule has 1 unspecified atom stereocenters. The van der Waals surface area contributed by atoms with Crippen molar-refractivity contribution < 1.29 is 4.74 Å². The fourth-order valence-corrected chi connectivity index (χ4v) is 4.00. The molecular weight excluding hydrogens is 260 g/mol. The lowest BCUT2D eigenvalue weighted by Gasteiger charge is -2.32. The van der Waals surface area contributed by atoms with Crippen LogP contribution in [-0.4, -0.2) is 44.7 Å². The third-order valence-corrected chi connectivity index (χ3v) is 5.34. The zero-order valence-corrected chi connectivity index (χ0v) is 13.6. The van der Waals surface area contributed by atoms with Crippen molar-refractivity contribution in [2.24, 2.45) is 5.41 Å². The van der Waals surface area contributed by atoms with E-state index in [1.54, 1.807) is 7.11 Å². The lowest BCUT2D eigenvalue weighted by molar-refractivity contribution is 0.233. The predicted octanol–water partition coefficient (Wildman–Crippen LogP) is 2.66. The van der Waals surface area contributed by atoms with Gasteiger partial charge >= 0.3 is 0 Å². The van der Waals surface area contributed by atoms with Gasteiger partial charge in [0.05, 0.1) is 7.11 Å². The number of nitrogens with zero attached hydrogens (tertiary/aromatic N) is 1. The highest BCUT2D eigenvalue weighted by Crippen LogP contribution is 2.37. The zero-order chi connectivity index (χ0) is 14.9. The average molecular weight is 288 g/mol. The van der Waals surface area contributed by atoms with Crippen molar-refractivity contribution in [2.75, 3.05) is 39.8 Å². The molecule has 0 aromatic heterocycles. The van der Waals surface area contributed by atoms with Gasteiger partial charge in [-0.2, -0.15) is 0 Å². The number of methoxy groups -OCH3 is 1. The first-order chi connectivity index (χ1) is 10.0. The van der Waals surface area contributed by atoms with Gasteiger partial charge in [0, 0.05) is 25.0 Å². The van der Waals surface area contributed by atoms with Crippen LogP contribution in [0.4, 0.5) is 0 Å². The number of rotatable bonds is 4. The summed E-state index contributed by atoms with van der Waals surface area (Å²) >= 11 is 0. The highest BCUT2D eigenvalue weighted by molar-refractivity contribution is 5.31. The predicted molar refractivity (Wildman–Crippen MR) is 87.0 cm³/mol. The van der Waals surface area contributed by atoms with Crippen LogP contribution in [0.25, 0.3) is 0 Å². The van der Waals surface area contributed by atoms with Crippen molar-refractivity contribution >= 4 is 0 Å². The third-order valence-electron chi connectivity index (χ3n) is 5.34. The second-order valence-electron chi connectivity index (χ2n) is 7.50. The first kappa shape index (κ1) is 14.9. The van der Waals surface area contributed by atoms with Gasteiger partial charge in [-0.05, 0) is 49.0 Å². The molecule has 2 aliphatic rings. The Kier molecular flexibility index (Phi) is 3.98. The van der Waals surface area contributed by atoms with Crippen LogP contribution < -0.4 is 10.1 Å². The van der Waals surface area contributed by atoms with Gasteiger partial charge in [-0.1, -0.05) is 26.0 Å². The number of likely N-dealkylation sites (tertiary alicyclic amines) is 1. The maximum atomic E-state index is 5.26. The molecular formula is C18H28N2O. The van der Waals surface area contributed by atoms with Crippen LogP contribution in [0.15, 0.2) is 24.3 Å². The van der Waals surface area contributed by atoms with Gasteiger partial charge in [-0.25, -0.2) is 0 Å². The summed E-state index contributed by atoms with van der Waals surface area (Å²) in [5, 5.41) is 3.54. The molecule has 1 aromatic rings. The van der Waals surface area contributed by atoms with E-state index < -0.39 is 0 Å². The van der Waals surface area contributed by atoms with Crippen molar-refractivity contribution in [3.8, 4) is 5.75 Å². The highest BCUT2D eigenvalue weighted by atomic mass is 16.5. The first-order valence-corrected chi connectivity index (χ1v) is 8.11. The smallest absolute Gasteiger partial charge is 0.118 e. The fourth-order valence-electron chi connectivity index (χ4n) is 4.00. The van der Waals surface area contributed by atoms with Gasteiger partial charge in [0.1, 0.15) is 5.75 Å². The quantitative estimate of drug-likeness (QED) is 0.922. The van der Waals surface area contributed by atoms with E-state index in [1.807, 2.05) is 0 Å². The van der Waals surface area contributed by atoms with E-state index in [1.165, 1.54) is 44.6 Å². The van der Waals surface area contributed by atoms with E-state index in [2.05, 4.69) is 48.3 Å². The molecule has 1 N–H and O–H groups in total. The van der Waals surface area contributed by atoms with E-state index in [0.717, 1.165) is 12.3 Å². The van der Waals surface area contributed by atoms with Crippen molar-refractivity contribution in [3.05, 3.63) is 29.8 Å². The Balaban J connectivity index is 1.65. The van der Waals surface area contributed by atoms with Crippen LogP contribution >= 0.6 is 0 Å². The first-order valence-electron chi connectivity index (χ1n) is 8.11. The number of benzene rings is 1. The Hall–Kier alpha value is -1.06. The number of ether oxygens (including phenoxy) is 1. The SMILES string of the molecule is COc1ccc(C(C)(C)CN2CCC3(CCNC3)C2)cc1. The molecule has 0 saturated carbocycles. The summed E-state index contributed by atoms with van der Waals surface area (Å²) in [5.41, 5.74) is 2.15. The Labute approximate surface area is 128 Å². The molecule has 0 amide bonds. The molecule has 0 bridgehead atoms. The molecule has 1 spiro atoms. The van der Waals surface area contributed by atoms with E-state index in [4.69, 9.17) is 4.74 Å². The van der Waals surface area contributed by atoms with E-state index >= 15 is 0 Å². The monoisotopic (exact) mass is 288 g/mol. The summed E-state index contributed by atoms with van der Waals surface area (Å²) in [5.74, 6) is 0.937. The van der Waals surface area contributed by atoms with Crippen LogP contribution in [0.5, 0.6) is 5.75 Å². The Morgan fingerprint density at radius 2 is 2.00 bits per heavy atom. The van der Waals surface area contributed by atoms with Crippen LogP contribution in [0.3, 0.4) is 0 Å².